The molecule has 57 heavy (non-hydrogen) atoms. The Balaban J connectivity index is -0.000000190. The van der Waals surface area contributed by atoms with Crippen molar-refractivity contribution < 1.29 is 34.5 Å². The van der Waals surface area contributed by atoms with Crippen LogP contribution in [0.25, 0.3) is 0 Å². The second kappa shape index (κ2) is 45.0. The van der Waals surface area contributed by atoms with Gasteiger partial charge in [0.1, 0.15) is 0 Å². The van der Waals surface area contributed by atoms with E-state index in [-0.39, 0.29) is 62.4 Å². The Hall–Kier alpha value is -3.74. The zero-order valence-corrected chi connectivity index (χ0v) is 44.0. The van der Waals surface area contributed by atoms with Crippen molar-refractivity contribution >= 4 is 83.1 Å². The van der Waals surface area contributed by atoms with Crippen LogP contribution in [0.5, 0.6) is 0 Å². The number of nitrogens with zero attached hydrogens (tertiary/aromatic N) is 4. The van der Waals surface area contributed by atoms with E-state index in [0.717, 1.165) is 49.9 Å². The molecular formula is C41H77EsGeN6NaO7-. The molecule has 0 saturated carbocycles. The fraction of sp³-hybridized carbons (Fsp3) is 0.634. The van der Waals surface area contributed by atoms with Crippen LogP contribution >= 0.6 is 0 Å². The summed E-state index contributed by atoms with van der Waals surface area (Å²) >= 11 is -2.16. The molecule has 13 nitrogen and oxygen atoms in total. The van der Waals surface area contributed by atoms with Crippen molar-refractivity contribution in [3.05, 3.63) is 36.8 Å². The Bertz CT molecular complexity index is 1250. The molecule has 16 heteroatoms. The number of rotatable bonds is 23. The maximum Gasteiger partial charge on any atom is 0.303 e. The molecule has 0 aliphatic carbocycles. The topological polar surface area (TPSA) is 198 Å². The molecule has 0 saturated heterocycles. The first-order chi connectivity index (χ1) is 25.5. The molecule has 0 aliphatic rings. The Labute approximate surface area is 365 Å². The normalized spacial score (nSPS) is 10.2. The Morgan fingerprint density at radius 2 is 1.28 bits per heavy atom. The van der Waals surface area contributed by atoms with Gasteiger partial charge in [-0.25, -0.2) is 0 Å². The van der Waals surface area contributed by atoms with Crippen molar-refractivity contribution in [2.75, 3.05) is 39.3 Å². The van der Waals surface area contributed by atoms with E-state index in [9.17, 15) is 19.2 Å². The van der Waals surface area contributed by atoms with Crippen LogP contribution in [0.1, 0.15) is 117 Å². The smallest absolute Gasteiger partial charge is 0.303 e. The largest absolute Gasteiger partial charge is 0.481 e. The van der Waals surface area contributed by atoms with Crippen LogP contribution in [0.15, 0.2) is 28.4 Å². The van der Waals surface area contributed by atoms with Crippen molar-refractivity contribution in [3.8, 4) is 12.8 Å². The standard InChI is InChI=1S/C25H44GeN6O3.C8H16O2.C3H6O2.C2H6.C2H2.CH3.Es.Na/c1-7-10-31(12-13-32(11-8-2)19-24(34)35)18-23(33)28-17-20-14-21(25(27)30-29-9-3)16-22(15-20)26(4,5)6;1-2-3-4-5-6-7-8(9)10;1-2-3(4)5;2*1-2;;;/h9,14-16H,7-8,10-13,17-19H2,1-6H3,(H2,27,30)(H,28,33)(H,34,35);2-7H2,1H3,(H,9,10);2H2,1H3,(H,4,5);1-2H3;1-2H;1H3;;/q;;;;;-1;;/b29-9-;;;;;;;. The number of nitrogens with one attached hydrogen (secondary N) is 1. The number of carbonyl (C=O) groups is 4. The Morgan fingerprint density at radius 1 is 0.789 bits per heavy atom. The number of terminal acetylenes is 1. The average Bonchev–Trinajstić information content (AvgIpc) is 3.13. The van der Waals surface area contributed by atoms with Crippen LogP contribution in [0, 0.1) is 20.3 Å². The summed E-state index contributed by atoms with van der Waals surface area (Å²) in [4.78, 5) is 47.3. The molecule has 1 aromatic carbocycles. The van der Waals surface area contributed by atoms with Gasteiger partial charge in [0.05, 0.1) is 0 Å². The number of aliphatic carboxylic acids is 3. The molecule has 0 heterocycles. The molecule has 0 aliphatic heterocycles. The number of carboxylic acid groups (broad SMARTS) is 3. The van der Waals surface area contributed by atoms with Crippen molar-refractivity contribution in [1.82, 2.24) is 15.1 Å². The van der Waals surface area contributed by atoms with E-state index in [0.29, 0.717) is 31.9 Å². The first-order valence-corrected chi connectivity index (χ1v) is 26.5. The fourth-order valence-corrected chi connectivity index (χ4v) is 7.07. The number of hydrogen-bond acceptors (Lipinski definition) is 8. The third kappa shape index (κ3) is 43.2. The molecule has 0 aromatic heterocycles. The quantitative estimate of drug-likeness (QED) is 0.0157. The SMILES string of the molecule is C#C.C/C=N\N=C(/N)c1cc(CNC(=O)CN(CCC)CCN(CCC)CC(=O)O)c[c]([Ge]([CH3])([CH3])[CH3])c1.CC.CCC(=O)O.CCCCCCCC(=O)O.[CH3-].[Es].[Na]. The summed E-state index contributed by atoms with van der Waals surface area (Å²) in [6.45, 7) is 17.1. The van der Waals surface area contributed by atoms with Gasteiger partial charge in [-0.1, -0.05) is 60.3 Å². The first-order valence-electron chi connectivity index (χ1n) is 19.2. The minimum Gasteiger partial charge on any atom is -0.481 e. The average molecular weight is 1110 g/mol. The van der Waals surface area contributed by atoms with Gasteiger partial charge in [0.2, 0.25) is 0 Å². The number of carboxylic acids is 3. The van der Waals surface area contributed by atoms with E-state index >= 15 is 0 Å². The molecule has 0 spiro atoms. The summed E-state index contributed by atoms with van der Waals surface area (Å²) in [5.74, 6) is 5.00. The number of amidine groups is 1. The summed E-state index contributed by atoms with van der Waals surface area (Å²) in [5, 5.41) is 36.1. The minimum atomic E-state index is -2.16. The van der Waals surface area contributed by atoms with Gasteiger partial charge >= 0.3 is 202 Å². The predicted octanol–water partition coefficient (Wildman–Crippen LogP) is 6.33. The molecular weight excluding hydrogens is 1040 g/mol. The van der Waals surface area contributed by atoms with Gasteiger partial charge in [-0.15, -0.1) is 12.8 Å². The van der Waals surface area contributed by atoms with Crippen LogP contribution in [-0.2, 0) is 25.7 Å². The maximum absolute atomic E-state index is 12.8. The van der Waals surface area contributed by atoms with E-state index in [1.54, 1.807) is 20.1 Å². The van der Waals surface area contributed by atoms with Gasteiger partial charge < -0.3 is 22.7 Å². The number of benzene rings is 1. The van der Waals surface area contributed by atoms with Gasteiger partial charge in [-0.05, 0) is 12.8 Å². The summed E-state index contributed by atoms with van der Waals surface area (Å²) in [6, 6.07) is 6.22. The second-order valence-electron chi connectivity index (χ2n) is 13.1. The first kappa shape index (κ1) is 68.0. The van der Waals surface area contributed by atoms with Crippen molar-refractivity contribution in [2.45, 2.75) is 130 Å². The monoisotopic (exact) mass is 1110 g/mol. The Kier molecular flexibility index (Phi) is 53.6. The minimum absolute atomic E-state index is 0. The van der Waals surface area contributed by atoms with Crippen LogP contribution < -0.4 is 15.4 Å². The summed E-state index contributed by atoms with van der Waals surface area (Å²) in [6.07, 6.45) is 17.5. The number of unbranched alkanes of at least 4 members (excludes halogenated alkanes) is 4. The zero-order valence-electron chi connectivity index (χ0n) is 37.4. The number of amides is 1. The molecule has 1 aromatic rings. The molecule has 0 unspecified atom stereocenters. The fourth-order valence-electron chi connectivity index (χ4n) is 4.54. The molecule has 0 bridgehead atoms. The number of carbonyl (C=O) groups excluding carboxylic acids is 1. The van der Waals surface area contributed by atoms with Crippen molar-refractivity contribution in [1.29, 1.82) is 0 Å². The van der Waals surface area contributed by atoms with Gasteiger partial charge in [-0.3, -0.25) is 14.4 Å². The van der Waals surface area contributed by atoms with E-state index in [1.165, 1.54) is 23.7 Å². The van der Waals surface area contributed by atoms with Crippen LogP contribution in [0.3, 0.4) is 0 Å². The molecule has 0 fully saturated rings. The molecule has 2 radical (unpaired) electrons. The Morgan fingerprint density at radius 3 is 1.68 bits per heavy atom. The summed E-state index contributed by atoms with van der Waals surface area (Å²) in [5.41, 5.74) is 7.96. The van der Waals surface area contributed by atoms with E-state index in [1.807, 2.05) is 31.7 Å². The number of nitrogens with two attached hydrogens (primary N) is 1. The van der Waals surface area contributed by atoms with Crippen LogP contribution in [0.2, 0.25) is 17.3 Å². The van der Waals surface area contributed by atoms with Crippen LogP contribution in [0.4, 0.5) is 0 Å². The molecule has 330 valence electrons. The molecule has 6 N–H and O–H groups in total. The van der Waals surface area contributed by atoms with Gasteiger partial charge in [0.25, 0.3) is 0 Å². The third-order valence-corrected chi connectivity index (χ3v) is 11.5. The second-order valence-corrected chi connectivity index (χ2v) is 23.7. The predicted molar refractivity (Wildman–Crippen MR) is 240 cm³/mol. The molecule has 1 rings (SSSR count). The van der Waals surface area contributed by atoms with Gasteiger partial charge in [-0.2, -0.15) is 0 Å². The molecule has 1 amide bonds. The molecule has 0 atom stereocenters. The van der Waals surface area contributed by atoms with E-state index in [2.05, 4.69) is 76.5 Å². The van der Waals surface area contributed by atoms with Gasteiger partial charge in [0.15, 0.2) is 0 Å². The van der Waals surface area contributed by atoms with Crippen molar-refractivity contribution in [3.63, 3.8) is 0 Å². The maximum atomic E-state index is 12.8. The van der Waals surface area contributed by atoms with E-state index < -0.39 is 31.2 Å². The van der Waals surface area contributed by atoms with Crippen LogP contribution in [-0.4, -0.2) is 143 Å². The zero-order chi connectivity index (χ0) is 42.5. The summed E-state index contributed by atoms with van der Waals surface area (Å²) in [7, 11) is 0. The van der Waals surface area contributed by atoms with Gasteiger partial charge in [0, 0.05) is 42.4 Å². The third-order valence-electron chi connectivity index (χ3n) is 7.26. The summed E-state index contributed by atoms with van der Waals surface area (Å²) < 4.78 is 1.28. The number of hydrogen-bond donors (Lipinski definition) is 5. The van der Waals surface area contributed by atoms with E-state index in [4.69, 9.17) is 21.1 Å². The van der Waals surface area contributed by atoms with Crippen molar-refractivity contribution in [2.24, 2.45) is 15.9 Å².